The van der Waals surface area contributed by atoms with Gasteiger partial charge in [-0.05, 0) is 6.92 Å². The van der Waals surface area contributed by atoms with Crippen LogP contribution in [-0.4, -0.2) is 22.5 Å². The maximum absolute atomic E-state index is 12.7. The Balaban J connectivity index is 2.02. The number of hydrogen-bond donors (Lipinski definition) is 0. The summed E-state index contributed by atoms with van der Waals surface area (Å²) in [6, 6.07) is 0. The highest BCUT2D eigenvalue weighted by molar-refractivity contribution is 7.17. The summed E-state index contributed by atoms with van der Waals surface area (Å²) in [4.78, 5) is 19.2. The van der Waals surface area contributed by atoms with E-state index >= 15 is 0 Å². The lowest BCUT2D eigenvalue weighted by Gasteiger charge is -2.06. The third-order valence-electron chi connectivity index (χ3n) is 2.46. The summed E-state index contributed by atoms with van der Waals surface area (Å²) in [5.41, 5.74) is 1.15. The van der Waals surface area contributed by atoms with E-state index in [0.717, 1.165) is 10.6 Å². The first kappa shape index (κ1) is 16.2. The minimum atomic E-state index is -4.74. The second kappa shape index (κ2) is 6.29. The highest BCUT2D eigenvalue weighted by Gasteiger charge is 2.40. The Morgan fingerprint density at radius 1 is 1.48 bits per heavy atom. The predicted octanol–water partition coefficient (Wildman–Crippen LogP) is 3.98. The van der Waals surface area contributed by atoms with Crippen LogP contribution < -0.4 is 0 Å². The highest BCUT2D eigenvalue weighted by atomic mass is 35.5. The van der Waals surface area contributed by atoms with E-state index in [1.807, 2.05) is 0 Å². The molecule has 0 unspecified atom stereocenters. The van der Waals surface area contributed by atoms with Crippen molar-refractivity contribution in [3.05, 3.63) is 31.1 Å². The number of aromatic nitrogens is 2. The smallest absolute Gasteiger partial charge is 0.435 e. The number of rotatable bonds is 4. The Kier molecular flexibility index (Phi) is 4.84. The summed E-state index contributed by atoms with van der Waals surface area (Å²) < 4.78 is 42.6. The van der Waals surface area contributed by atoms with Gasteiger partial charge in [0.05, 0.1) is 17.8 Å². The van der Waals surface area contributed by atoms with Gasteiger partial charge in [-0.3, -0.25) is 0 Å². The van der Waals surface area contributed by atoms with E-state index in [4.69, 9.17) is 16.3 Å². The van der Waals surface area contributed by atoms with Gasteiger partial charge < -0.3 is 4.74 Å². The Labute approximate surface area is 130 Å². The zero-order valence-electron chi connectivity index (χ0n) is 10.5. The maximum atomic E-state index is 12.7. The zero-order chi connectivity index (χ0) is 15.6. The van der Waals surface area contributed by atoms with E-state index in [-0.39, 0.29) is 11.1 Å². The normalized spacial score (nSPS) is 11.7. The molecule has 0 N–H and O–H groups in total. The summed E-state index contributed by atoms with van der Waals surface area (Å²) in [5.74, 6) is -1.08. The Morgan fingerprint density at radius 2 is 2.19 bits per heavy atom. The van der Waals surface area contributed by atoms with E-state index in [2.05, 4.69) is 9.97 Å². The third-order valence-corrected chi connectivity index (χ3v) is 4.60. The molecule has 0 aliphatic heterocycles. The molecule has 0 radical (unpaired) electrons. The second-order valence-electron chi connectivity index (χ2n) is 3.89. The summed E-state index contributed by atoms with van der Waals surface area (Å²) in [5, 5.41) is 0. The number of thiazole rings is 2. The van der Waals surface area contributed by atoms with Gasteiger partial charge in [0.1, 0.15) is 4.88 Å². The van der Waals surface area contributed by atoms with Crippen LogP contribution in [0, 0.1) is 6.92 Å². The van der Waals surface area contributed by atoms with Crippen molar-refractivity contribution in [1.82, 2.24) is 9.97 Å². The fourth-order valence-corrected chi connectivity index (χ4v) is 3.28. The van der Waals surface area contributed by atoms with Crippen LogP contribution in [0.4, 0.5) is 13.2 Å². The molecule has 114 valence electrons. The highest BCUT2D eigenvalue weighted by Crippen LogP contribution is 2.36. The average molecular weight is 357 g/mol. The van der Waals surface area contributed by atoms with Crippen molar-refractivity contribution >= 4 is 40.2 Å². The van der Waals surface area contributed by atoms with Crippen molar-refractivity contribution in [2.75, 3.05) is 6.61 Å². The van der Waals surface area contributed by atoms with Gasteiger partial charge in [-0.25, -0.2) is 14.8 Å². The summed E-state index contributed by atoms with van der Waals surface area (Å²) >= 11 is 7.29. The molecule has 0 saturated carbocycles. The van der Waals surface area contributed by atoms with Crippen LogP contribution in [-0.2, 0) is 17.3 Å². The first-order valence-electron chi connectivity index (χ1n) is 5.58. The van der Waals surface area contributed by atoms with Crippen LogP contribution in [0.25, 0.3) is 0 Å². The number of aryl methyl sites for hydroxylation is 1. The molecule has 0 aliphatic rings. The van der Waals surface area contributed by atoms with Gasteiger partial charge in [0.25, 0.3) is 0 Å². The molecule has 0 bridgehead atoms. The molecule has 0 aliphatic carbocycles. The number of alkyl halides is 3. The van der Waals surface area contributed by atoms with E-state index in [1.165, 1.54) is 11.3 Å². The molecule has 4 nitrogen and oxygen atoms in total. The summed E-state index contributed by atoms with van der Waals surface area (Å²) in [6.45, 7) is 1.77. The third kappa shape index (κ3) is 3.92. The van der Waals surface area contributed by atoms with Crippen molar-refractivity contribution in [2.45, 2.75) is 19.5 Å². The van der Waals surface area contributed by atoms with Gasteiger partial charge in [-0.1, -0.05) is 22.9 Å². The van der Waals surface area contributed by atoms with Crippen molar-refractivity contribution in [2.24, 2.45) is 0 Å². The molecular weight excluding hydrogens is 349 g/mol. The van der Waals surface area contributed by atoms with Crippen molar-refractivity contribution in [1.29, 1.82) is 0 Å². The predicted molar refractivity (Wildman–Crippen MR) is 73.0 cm³/mol. The quantitative estimate of drug-likeness (QED) is 0.777. The van der Waals surface area contributed by atoms with Gasteiger partial charge in [-0.15, -0.1) is 11.3 Å². The zero-order valence-corrected chi connectivity index (χ0v) is 12.9. The molecule has 0 spiro atoms. The van der Waals surface area contributed by atoms with E-state index in [1.54, 1.807) is 12.4 Å². The lowest BCUT2D eigenvalue weighted by atomic mass is 10.3. The van der Waals surface area contributed by atoms with Gasteiger partial charge in [0.2, 0.25) is 0 Å². The fourth-order valence-electron chi connectivity index (χ4n) is 1.49. The number of ether oxygens (including phenoxy) is 1. The van der Waals surface area contributed by atoms with Gasteiger partial charge in [0, 0.05) is 11.3 Å². The number of hydrogen-bond acceptors (Lipinski definition) is 6. The minimum Gasteiger partial charge on any atom is -0.461 e. The van der Waals surface area contributed by atoms with Crippen LogP contribution in [0.1, 0.15) is 25.9 Å². The lowest BCUT2D eigenvalue weighted by molar-refractivity contribution is -0.141. The van der Waals surface area contributed by atoms with Gasteiger partial charge in [-0.2, -0.15) is 13.2 Å². The van der Waals surface area contributed by atoms with E-state index < -0.39 is 22.7 Å². The average Bonchev–Trinajstić information content (AvgIpc) is 2.95. The number of carbonyl (C=O) groups is 1. The SMILES string of the molecule is Cc1ncsc1CCOC(=O)c1sc(Cl)nc1C(F)(F)F. The van der Waals surface area contributed by atoms with Crippen molar-refractivity contribution in [3.63, 3.8) is 0 Å². The molecule has 2 aromatic rings. The fraction of sp³-hybridized carbons (Fsp3) is 0.364. The first-order valence-corrected chi connectivity index (χ1v) is 7.66. The first-order chi connectivity index (χ1) is 9.79. The molecule has 21 heavy (non-hydrogen) atoms. The minimum absolute atomic E-state index is 0.0331. The van der Waals surface area contributed by atoms with E-state index in [0.29, 0.717) is 17.8 Å². The second-order valence-corrected chi connectivity index (χ2v) is 6.41. The van der Waals surface area contributed by atoms with Crippen LogP contribution in [0.15, 0.2) is 5.51 Å². The number of nitrogens with zero attached hydrogens (tertiary/aromatic N) is 2. The molecule has 10 heteroatoms. The lowest BCUT2D eigenvalue weighted by Crippen LogP contribution is -2.14. The Hall–Kier alpha value is -1.19. The molecule has 0 amide bonds. The molecule has 0 atom stereocenters. The van der Waals surface area contributed by atoms with Crippen molar-refractivity contribution in [3.8, 4) is 0 Å². The molecule has 0 aromatic carbocycles. The monoisotopic (exact) mass is 356 g/mol. The Bertz CT molecular complexity index is 654. The van der Waals surface area contributed by atoms with Crippen LogP contribution in [0.5, 0.6) is 0 Å². The van der Waals surface area contributed by atoms with Crippen LogP contribution in [0.3, 0.4) is 0 Å². The molecule has 0 saturated heterocycles. The Morgan fingerprint density at radius 3 is 2.76 bits per heavy atom. The molecule has 2 heterocycles. The molecule has 0 fully saturated rings. The van der Waals surface area contributed by atoms with Crippen LogP contribution in [0.2, 0.25) is 4.47 Å². The van der Waals surface area contributed by atoms with E-state index in [9.17, 15) is 18.0 Å². The molecular formula is C11H8ClF3N2O2S2. The van der Waals surface area contributed by atoms with Crippen LogP contribution >= 0.6 is 34.3 Å². The van der Waals surface area contributed by atoms with Gasteiger partial charge in [0.15, 0.2) is 10.2 Å². The molecule has 2 rings (SSSR count). The largest absolute Gasteiger partial charge is 0.461 e. The summed E-state index contributed by atoms with van der Waals surface area (Å²) in [7, 11) is 0. The number of halogens is 4. The number of esters is 1. The topological polar surface area (TPSA) is 52.1 Å². The maximum Gasteiger partial charge on any atom is 0.435 e. The van der Waals surface area contributed by atoms with Crippen molar-refractivity contribution < 1.29 is 22.7 Å². The van der Waals surface area contributed by atoms with Gasteiger partial charge >= 0.3 is 12.1 Å². The standard InChI is InChI=1S/C11H8ClF3N2O2S2/c1-5-6(20-4-16-5)2-3-19-9(18)7-8(11(13,14)15)17-10(12)21-7/h4H,2-3H2,1H3. The molecule has 2 aromatic heterocycles. The number of carbonyl (C=O) groups excluding carboxylic acids is 1. The summed E-state index contributed by atoms with van der Waals surface area (Å²) in [6.07, 6.45) is -4.34.